The first-order chi connectivity index (χ1) is 15.2. The molecule has 0 saturated carbocycles. The largest absolute Gasteiger partial charge is 0.493 e. The molecule has 1 fully saturated rings. The Morgan fingerprint density at radius 1 is 1.12 bits per heavy atom. The Hall–Kier alpha value is -3.30. The maximum absolute atomic E-state index is 13.9. The number of ether oxygens (including phenoxy) is 2. The molecule has 170 valence electrons. The number of benzene rings is 1. The molecule has 3 aromatic rings. The Kier molecular flexibility index (Phi) is 5.70. The lowest BCUT2D eigenvalue weighted by molar-refractivity contribution is -0.142. The first-order valence-corrected chi connectivity index (χ1v) is 10.2. The van der Waals surface area contributed by atoms with Gasteiger partial charge in [0.15, 0.2) is 22.8 Å². The summed E-state index contributed by atoms with van der Waals surface area (Å²) >= 11 is 0. The summed E-state index contributed by atoms with van der Waals surface area (Å²) in [7, 11) is 2.91. The van der Waals surface area contributed by atoms with E-state index in [0.29, 0.717) is 28.1 Å². The molecule has 4 rings (SSSR count). The minimum absolute atomic E-state index is 0.00215. The van der Waals surface area contributed by atoms with Crippen molar-refractivity contribution in [3.8, 4) is 22.8 Å². The molecule has 0 spiro atoms. The second kappa shape index (κ2) is 8.33. The average Bonchev–Trinajstić information content (AvgIpc) is 3.21. The number of alkyl halides is 3. The number of methoxy groups -OCH3 is 2. The zero-order valence-corrected chi connectivity index (χ0v) is 17.9. The number of aromatic nitrogens is 3. The van der Waals surface area contributed by atoms with Gasteiger partial charge >= 0.3 is 6.18 Å². The summed E-state index contributed by atoms with van der Waals surface area (Å²) in [4.78, 5) is 19.3. The minimum Gasteiger partial charge on any atom is -0.493 e. The number of hydrogen-bond acceptors (Lipinski definition) is 5. The van der Waals surface area contributed by atoms with Crippen molar-refractivity contribution < 1.29 is 27.4 Å². The summed E-state index contributed by atoms with van der Waals surface area (Å²) in [6, 6.07) is 5.64. The molecule has 1 atom stereocenters. The van der Waals surface area contributed by atoms with E-state index in [9.17, 15) is 18.0 Å². The first-order valence-electron chi connectivity index (χ1n) is 10.2. The number of rotatable bonds is 4. The van der Waals surface area contributed by atoms with Gasteiger partial charge in [0.05, 0.1) is 26.1 Å². The topological polar surface area (TPSA) is 69.0 Å². The molecular weight excluding hydrogens is 425 g/mol. The maximum Gasteiger partial charge on any atom is 0.433 e. The zero-order chi connectivity index (χ0) is 23.0. The molecule has 0 radical (unpaired) electrons. The number of amides is 1. The van der Waals surface area contributed by atoms with E-state index in [4.69, 9.17) is 9.47 Å². The van der Waals surface area contributed by atoms with Crippen molar-refractivity contribution in [1.82, 2.24) is 19.5 Å². The smallest absolute Gasteiger partial charge is 0.433 e. The van der Waals surface area contributed by atoms with Gasteiger partial charge in [-0.05, 0) is 50.5 Å². The van der Waals surface area contributed by atoms with Crippen LogP contribution in [0.3, 0.4) is 0 Å². The highest BCUT2D eigenvalue weighted by Crippen LogP contribution is 2.36. The number of fused-ring (bicyclic) bond motifs is 1. The van der Waals surface area contributed by atoms with Gasteiger partial charge in [-0.3, -0.25) is 4.79 Å². The molecule has 32 heavy (non-hydrogen) atoms. The molecule has 7 nitrogen and oxygen atoms in total. The highest BCUT2D eigenvalue weighted by atomic mass is 19.4. The quantitative estimate of drug-likeness (QED) is 0.590. The predicted molar refractivity (Wildman–Crippen MR) is 111 cm³/mol. The van der Waals surface area contributed by atoms with Gasteiger partial charge in [-0.2, -0.15) is 18.3 Å². The van der Waals surface area contributed by atoms with Gasteiger partial charge in [0.25, 0.3) is 5.91 Å². The molecule has 0 N–H and O–H groups in total. The van der Waals surface area contributed by atoms with Crippen LogP contribution in [0.4, 0.5) is 13.2 Å². The van der Waals surface area contributed by atoms with Crippen LogP contribution in [0.1, 0.15) is 42.2 Å². The highest BCUT2D eigenvalue weighted by molar-refractivity contribution is 6.00. The normalized spacial score (nSPS) is 16.9. The lowest BCUT2D eigenvalue weighted by Gasteiger charge is -2.33. The second-order valence-corrected chi connectivity index (χ2v) is 7.73. The van der Waals surface area contributed by atoms with E-state index in [1.165, 1.54) is 20.4 Å². The third-order valence-corrected chi connectivity index (χ3v) is 5.74. The Balaban J connectivity index is 1.88. The maximum atomic E-state index is 13.9. The van der Waals surface area contributed by atoms with Crippen LogP contribution in [0, 0.1) is 0 Å². The summed E-state index contributed by atoms with van der Waals surface area (Å²) in [5.41, 5.74) is -0.661. The third kappa shape index (κ3) is 3.85. The van der Waals surface area contributed by atoms with E-state index in [2.05, 4.69) is 10.1 Å². The Bertz CT molecular complexity index is 1160. The van der Waals surface area contributed by atoms with Crippen molar-refractivity contribution in [2.45, 2.75) is 38.4 Å². The van der Waals surface area contributed by atoms with Crippen molar-refractivity contribution in [3.05, 3.63) is 41.7 Å². The van der Waals surface area contributed by atoms with Crippen LogP contribution in [0.15, 0.2) is 30.5 Å². The zero-order valence-electron chi connectivity index (χ0n) is 17.9. The van der Waals surface area contributed by atoms with Crippen molar-refractivity contribution in [2.75, 3.05) is 20.8 Å². The molecule has 1 amide bonds. The van der Waals surface area contributed by atoms with Crippen LogP contribution in [0.5, 0.6) is 11.5 Å². The fourth-order valence-corrected chi connectivity index (χ4v) is 4.01. The molecule has 1 unspecified atom stereocenters. The molecule has 1 aliphatic heterocycles. The molecular formula is C22H23F3N4O3. The number of piperidine rings is 1. The number of halogens is 3. The SMILES string of the molecule is COc1ccc(-c2cc(C(F)(F)F)n3ncc(C(=O)N4CCCCC4C)c3n2)cc1OC. The minimum atomic E-state index is -4.70. The fraction of sp³-hybridized carbons (Fsp3) is 0.409. The number of carbonyl (C=O) groups is 1. The standard InChI is InChI=1S/C22H23F3N4O3/c1-13-6-4-5-9-28(13)21(30)15-12-26-29-19(22(23,24)25)11-16(27-20(15)29)14-7-8-17(31-2)18(10-14)32-3/h7-8,10-13H,4-6,9H2,1-3H3. The van der Waals surface area contributed by atoms with Crippen molar-refractivity contribution in [2.24, 2.45) is 0 Å². The lowest BCUT2D eigenvalue weighted by atomic mass is 10.0. The number of hydrogen-bond donors (Lipinski definition) is 0. The van der Waals surface area contributed by atoms with Gasteiger partial charge in [0.2, 0.25) is 0 Å². The number of carbonyl (C=O) groups excluding carboxylic acids is 1. The van der Waals surface area contributed by atoms with E-state index in [1.807, 2.05) is 6.92 Å². The summed E-state index contributed by atoms with van der Waals surface area (Å²) in [5.74, 6) is 0.428. The van der Waals surface area contributed by atoms with Gasteiger partial charge < -0.3 is 14.4 Å². The average molecular weight is 448 g/mol. The Morgan fingerprint density at radius 2 is 1.88 bits per heavy atom. The van der Waals surface area contributed by atoms with Crippen LogP contribution in [-0.2, 0) is 6.18 Å². The van der Waals surface area contributed by atoms with Crippen molar-refractivity contribution in [1.29, 1.82) is 0 Å². The molecule has 3 heterocycles. The molecule has 0 bridgehead atoms. The number of likely N-dealkylation sites (tertiary alicyclic amines) is 1. The van der Waals surface area contributed by atoms with E-state index < -0.39 is 11.9 Å². The highest BCUT2D eigenvalue weighted by Gasteiger charge is 2.37. The van der Waals surface area contributed by atoms with Crippen LogP contribution >= 0.6 is 0 Å². The lowest BCUT2D eigenvalue weighted by Crippen LogP contribution is -2.42. The van der Waals surface area contributed by atoms with Gasteiger partial charge in [-0.1, -0.05) is 0 Å². The summed E-state index contributed by atoms with van der Waals surface area (Å²) < 4.78 is 52.8. The van der Waals surface area contributed by atoms with Gasteiger partial charge in [0.1, 0.15) is 5.56 Å². The van der Waals surface area contributed by atoms with Crippen LogP contribution in [0.25, 0.3) is 16.9 Å². The van der Waals surface area contributed by atoms with Crippen LogP contribution in [-0.4, -0.2) is 52.2 Å². The predicted octanol–water partition coefficient (Wildman–Crippen LogP) is 4.45. The van der Waals surface area contributed by atoms with Crippen molar-refractivity contribution in [3.63, 3.8) is 0 Å². The molecule has 1 aliphatic rings. The number of nitrogens with zero attached hydrogens (tertiary/aromatic N) is 4. The van der Waals surface area contributed by atoms with E-state index in [-0.39, 0.29) is 28.9 Å². The Morgan fingerprint density at radius 3 is 2.53 bits per heavy atom. The van der Waals surface area contributed by atoms with E-state index in [1.54, 1.807) is 23.1 Å². The molecule has 10 heteroatoms. The van der Waals surface area contributed by atoms with Crippen LogP contribution in [0.2, 0.25) is 0 Å². The molecule has 1 saturated heterocycles. The fourth-order valence-electron chi connectivity index (χ4n) is 4.01. The molecule has 2 aromatic heterocycles. The van der Waals surface area contributed by atoms with Crippen molar-refractivity contribution >= 4 is 11.6 Å². The summed E-state index contributed by atoms with van der Waals surface area (Å²) in [6.07, 6.45) is -0.813. The third-order valence-electron chi connectivity index (χ3n) is 5.74. The van der Waals surface area contributed by atoms with Crippen LogP contribution < -0.4 is 9.47 Å². The molecule has 0 aliphatic carbocycles. The summed E-state index contributed by atoms with van der Waals surface area (Å²) in [6.45, 7) is 2.49. The van der Waals surface area contributed by atoms with Gasteiger partial charge in [0, 0.05) is 18.2 Å². The van der Waals surface area contributed by atoms with E-state index >= 15 is 0 Å². The Labute approximate surface area is 182 Å². The first kappa shape index (κ1) is 21.9. The van der Waals surface area contributed by atoms with E-state index in [0.717, 1.165) is 25.3 Å². The summed E-state index contributed by atoms with van der Waals surface area (Å²) in [5, 5.41) is 3.86. The monoisotopic (exact) mass is 448 g/mol. The van der Waals surface area contributed by atoms with Gasteiger partial charge in [-0.15, -0.1) is 0 Å². The van der Waals surface area contributed by atoms with Gasteiger partial charge in [-0.25, -0.2) is 9.50 Å². The second-order valence-electron chi connectivity index (χ2n) is 7.73. The molecule has 1 aromatic carbocycles.